The van der Waals surface area contributed by atoms with Crippen LogP contribution >= 0.6 is 0 Å². The second kappa shape index (κ2) is 8.63. The lowest BCUT2D eigenvalue weighted by Crippen LogP contribution is -2.42. The van der Waals surface area contributed by atoms with Crippen molar-refractivity contribution in [3.8, 4) is 0 Å². The third kappa shape index (κ3) is 4.49. The lowest BCUT2D eigenvalue weighted by atomic mass is 10.2. The molecule has 2 aromatic rings. The number of aryl methyl sites for hydroxylation is 1. The van der Waals surface area contributed by atoms with E-state index in [0.29, 0.717) is 13.1 Å². The molecular weight excluding hydrogens is 414 g/mol. The van der Waals surface area contributed by atoms with Gasteiger partial charge in [0.05, 0.1) is 4.92 Å². The molecule has 1 saturated heterocycles. The molecule has 2 amide bonds. The van der Waals surface area contributed by atoms with Crippen LogP contribution in [0.3, 0.4) is 0 Å². The number of nitrogens with one attached hydrogen (secondary N) is 2. The second-order valence-corrected chi connectivity index (χ2v) is 8.79. The maximum atomic E-state index is 12.8. The first-order chi connectivity index (χ1) is 14.2. The van der Waals surface area contributed by atoms with Crippen molar-refractivity contribution in [3.05, 3.63) is 57.9 Å². The molecule has 0 saturated carbocycles. The van der Waals surface area contributed by atoms with Crippen LogP contribution in [-0.4, -0.2) is 47.1 Å². The number of nitro benzene ring substituents is 1. The quantitative estimate of drug-likeness (QED) is 0.533. The van der Waals surface area contributed by atoms with Crippen LogP contribution in [0.15, 0.2) is 41.4 Å². The summed E-state index contributed by atoms with van der Waals surface area (Å²) < 4.78 is 28.3. The number of carbonyl (C=O) groups is 2. The first-order valence-electron chi connectivity index (χ1n) is 9.22. The summed E-state index contributed by atoms with van der Waals surface area (Å²) in [5, 5.41) is 10.8. The van der Waals surface area contributed by atoms with Crippen LogP contribution in [0, 0.1) is 10.1 Å². The van der Waals surface area contributed by atoms with E-state index >= 15 is 0 Å². The molecule has 160 valence electrons. The van der Waals surface area contributed by atoms with Crippen molar-refractivity contribution in [1.82, 2.24) is 19.7 Å². The molecule has 1 fully saturated rings. The Morgan fingerprint density at radius 2 is 1.73 bits per heavy atom. The van der Waals surface area contributed by atoms with E-state index in [9.17, 15) is 28.1 Å². The van der Waals surface area contributed by atoms with Crippen molar-refractivity contribution in [2.75, 3.05) is 13.1 Å². The molecule has 0 aliphatic carbocycles. The molecule has 0 spiro atoms. The third-order valence-corrected chi connectivity index (χ3v) is 6.64. The number of piperidine rings is 1. The van der Waals surface area contributed by atoms with E-state index in [2.05, 4.69) is 10.9 Å². The number of hydrazine groups is 1. The molecule has 3 rings (SSSR count). The molecule has 2 heterocycles. The van der Waals surface area contributed by atoms with Crippen LogP contribution in [-0.2, 0) is 17.1 Å². The fourth-order valence-electron chi connectivity index (χ4n) is 3.17. The fraction of sp³-hybridized carbons (Fsp3) is 0.333. The molecule has 30 heavy (non-hydrogen) atoms. The zero-order valence-electron chi connectivity index (χ0n) is 16.2. The van der Waals surface area contributed by atoms with Gasteiger partial charge in [0.2, 0.25) is 10.0 Å². The van der Waals surface area contributed by atoms with Gasteiger partial charge in [-0.2, -0.15) is 4.31 Å². The first-order valence-corrected chi connectivity index (χ1v) is 10.7. The predicted octanol–water partition coefficient (Wildman–Crippen LogP) is 1.18. The minimum atomic E-state index is -3.70. The zero-order chi connectivity index (χ0) is 21.9. The number of nitrogens with zero attached hydrogens (tertiary/aromatic N) is 3. The van der Waals surface area contributed by atoms with E-state index in [0.717, 1.165) is 25.3 Å². The average molecular weight is 435 g/mol. The molecule has 1 aliphatic rings. The van der Waals surface area contributed by atoms with Gasteiger partial charge in [-0.1, -0.05) is 12.5 Å². The van der Waals surface area contributed by atoms with Crippen molar-refractivity contribution in [2.45, 2.75) is 24.2 Å². The summed E-state index contributed by atoms with van der Waals surface area (Å²) in [5.74, 6) is -1.47. The molecule has 1 aromatic carbocycles. The smallest absolute Gasteiger partial charge is 0.286 e. The Hall–Kier alpha value is -3.25. The summed E-state index contributed by atoms with van der Waals surface area (Å²) in [6.45, 7) is 0.885. The van der Waals surface area contributed by atoms with E-state index in [1.807, 2.05) is 0 Å². The van der Waals surface area contributed by atoms with Crippen LogP contribution in [0.2, 0.25) is 0 Å². The normalized spacial score (nSPS) is 14.8. The van der Waals surface area contributed by atoms with Gasteiger partial charge in [0, 0.05) is 44.0 Å². The van der Waals surface area contributed by atoms with Crippen molar-refractivity contribution in [2.24, 2.45) is 7.05 Å². The monoisotopic (exact) mass is 435 g/mol. The van der Waals surface area contributed by atoms with Crippen molar-refractivity contribution in [1.29, 1.82) is 0 Å². The largest absolute Gasteiger partial charge is 0.345 e. The Bertz CT molecular complexity index is 1090. The fourth-order valence-corrected chi connectivity index (χ4v) is 4.75. The zero-order valence-corrected chi connectivity index (χ0v) is 17.0. The topological polar surface area (TPSA) is 144 Å². The molecule has 11 nitrogen and oxygen atoms in total. The number of rotatable bonds is 5. The van der Waals surface area contributed by atoms with Gasteiger partial charge in [-0.3, -0.25) is 30.6 Å². The van der Waals surface area contributed by atoms with Crippen molar-refractivity contribution in [3.63, 3.8) is 0 Å². The van der Waals surface area contributed by atoms with Gasteiger partial charge in [-0.15, -0.1) is 0 Å². The Balaban J connectivity index is 1.70. The molecule has 0 bridgehead atoms. The highest BCUT2D eigenvalue weighted by molar-refractivity contribution is 7.89. The van der Waals surface area contributed by atoms with Crippen LogP contribution < -0.4 is 10.9 Å². The summed E-state index contributed by atoms with van der Waals surface area (Å²) in [4.78, 5) is 34.8. The number of hydrogen-bond donors (Lipinski definition) is 2. The van der Waals surface area contributed by atoms with Crippen molar-refractivity contribution >= 4 is 27.5 Å². The van der Waals surface area contributed by atoms with Crippen LogP contribution in [0.1, 0.15) is 40.1 Å². The van der Waals surface area contributed by atoms with Gasteiger partial charge in [0.25, 0.3) is 17.5 Å². The first kappa shape index (κ1) is 21.5. The SMILES string of the molecule is Cn1cc(S(=O)(=O)N2CCCCC2)cc1C(=O)NNC(=O)c1cccc([N+](=O)[O-])c1. The number of non-ortho nitro benzene ring substituents is 1. The third-order valence-electron chi connectivity index (χ3n) is 4.77. The van der Waals surface area contributed by atoms with E-state index < -0.39 is 26.8 Å². The van der Waals surface area contributed by atoms with Crippen molar-refractivity contribution < 1.29 is 22.9 Å². The number of amides is 2. The predicted molar refractivity (Wildman–Crippen MR) is 106 cm³/mol. The standard InChI is InChI=1S/C18H21N5O6S/c1-21-12-15(30(28,29)22-8-3-2-4-9-22)11-16(21)18(25)20-19-17(24)13-6-5-7-14(10-13)23(26)27/h5-7,10-12H,2-4,8-9H2,1H3,(H,19,24)(H,20,25). The Morgan fingerprint density at radius 3 is 2.40 bits per heavy atom. The Morgan fingerprint density at radius 1 is 1.07 bits per heavy atom. The summed E-state index contributed by atoms with van der Waals surface area (Å²) in [7, 11) is -2.18. The van der Waals surface area contributed by atoms with E-state index in [-0.39, 0.29) is 21.8 Å². The van der Waals surface area contributed by atoms with E-state index in [1.165, 1.54) is 46.4 Å². The van der Waals surface area contributed by atoms with Gasteiger partial charge in [0.1, 0.15) is 10.6 Å². The van der Waals surface area contributed by atoms with Gasteiger partial charge < -0.3 is 4.57 Å². The number of sulfonamides is 1. The number of nitro groups is 1. The summed E-state index contributed by atoms with van der Waals surface area (Å²) >= 11 is 0. The molecular formula is C18H21N5O6S. The minimum Gasteiger partial charge on any atom is -0.345 e. The lowest BCUT2D eigenvalue weighted by molar-refractivity contribution is -0.384. The Kier molecular flexibility index (Phi) is 6.17. The highest BCUT2D eigenvalue weighted by Crippen LogP contribution is 2.22. The minimum absolute atomic E-state index is 0.00191. The number of aromatic nitrogens is 1. The van der Waals surface area contributed by atoms with E-state index in [4.69, 9.17) is 0 Å². The molecule has 1 aromatic heterocycles. The van der Waals surface area contributed by atoms with Crippen LogP contribution in [0.5, 0.6) is 0 Å². The van der Waals surface area contributed by atoms with Crippen LogP contribution in [0.4, 0.5) is 5.69 Å². The van der Waals surface area contributed by atoms with Crippen LogP contribution in [0.25, 0.3) is 0 Å². The second-order valence-electron chi connectivity index (χ2n) is 6.85. The molecule has 0 atom stereocenters. The summed E-state index contributed by atoms with van der Waals surface area (Å²) in [6.07, 6.45) is 3.92. The molecule has 1 aliphatic heterocycles. The molecule has 2 N–H and O–H groups in total. The van der Waals surface area contributed by atoms with Gasteiger partial charge in [0.15, 0.2) is 0 Å². The molecule has 0 radical (unpaired) electrons. The average Bonchev–Trinajstić information content (AvgIpc) is 3.15. The van der Waals surface area contributed by atoms with Gasteiger partial charge in [-0.25, -0.2) is 8.42 Å². The lowest BCUT2D eigenvalue weighted by Gasteiger charge is -2.25. The number of benzene rings is 1. The number of carbonyl (C=O) groups excluding carboxylic acids is 2. The highest BCUT2D eigenvalue weighted by atomic mass is 32.2. The highest BCUT2D eigenvalue weighted by Gasteiger charge is 2.28. The maximum Gasteiger partial charge on any atom is 0.286 e. The summed E-state index contributed by atoms with van der Waals surface area (Å²) in [5.41, 5.74) is 4.12. The van der Waals surface area contributed by atoms with E-state index in [1.54, 1.807) is 0 Å². The molecule has 0 unspecified atom stereocenters. The summed E-state index contributed by atoms with van der Waals surface area (Å²) in [6, 6.07) is 6.28. The number of hydrogen-bond acceptors (Lipinski definition) is 6. The van der Waals surface area contributed by atoms with Gasteiger partial charge in [-0.05, 0) is 25.0 Å². The molecule has 12 heteroatoms. The Labute approximate surface area is 172 Å². The maximum absolute atomic E-state index is 12.8. The van der Waals surface area contributed by atoms with Gasteiger partial charge >= 0.3 is 0 Å².